The summed E-state index contributed by atoms with van der Waals surface area (Å²) in [5.74, 6) is -0.187. The SMILES string of the molecule is Cc1cc(C(=O)N[C@@H]2CCCN(c3nnc(C(N)=O)c(Nc4ccc(C(=O)N5CCOCC5)cc4)n3)C2)no1. The number of piperidine rings is 1. The Morgan fingerprint density at radius 3 is 2.54 bits per heavy atom. The molecule has 0 saturated carbocycles. The van der Waals surface area contributed by atoms with Gasteiger partial charge in [0.2, 0.25) is 5.95 Å². The number of benzene rings is 1. The van der Waals surface area contributed by atoms with Crippen molar-refractivity contribution in [1.29, 1.82) is 0 Å². The summed E-state index contributed by atoms with van der Waals surface area (Å²) < 4.78 is 10.3. The van der Waals surface area contributed by atoms with Crippen molar-refractivity contribution in [3.05, 3.63) is 53.0 Å². The Kier molecular flexibility index (Phi) is 7.63. The molecule has 3 aromatic rings. The van der Waals surface area contributed by atoms with Crippen molar-refractivity contribution in [2.75, 3.05) is 49.6 Å². The number of nitrogens with two attached hydrogens (primary N) is 1. The molecule has 14 heteroatoms. The smallest absolute Gasteiger partial charge is 0.273 e. The fraction of sp³-hybridized carbons (Fsp3) is 0.400. The standard InChI is InChI=1S/C25H29N9O5/c1-15-13-19(32-39-15)23(36)28-18-3-2-8-34(14-18)25-29-22(20(21(26)35)30-31-25)27-17-6-4-16(5-7-17)24(37)33-9-11-38-12-10-33/h4-7,13,18H,2-3,8-12,14H2,1H3,(H2,26,35)(H,28,36)(H,27,29,31)/t18-/m1/s1. The lowest BCUT2D eigenvalue weighted by atomic mass is 10.1. The molecule has 2 aliphatic rings. The molecule has 3 amide bonds. The van der Waals surface area contributed by atoms with Crippen LogP contribution in [0.1, 0.15) is 49.9 Å². The van der Waals surface area contributed by atoms with Gasteiger partial charge in [-0.1, -0.05) is 5.16 Å². The third-order valence-corrected chi connectivity index (χ3v) is 6.50. The molecule has 1 aromatic carbocycles. The van der Waals surface area contributed by atoms with Gasteiger partial charge in [-0.3, -0.25) is 14.4 Å². The zero-order valence-corrected chi connectivity index (χ0v) is 21.4. The van der Waals surface area contributed by atoms with Crippen molar-refractivity contribution >= 4 is 35.2 Å². The lowest BCUT2D eigenvalue weighted by molar-refractivity contribution is 0.0303. The molecule has 1 atom stereocenters. The van der Waals surface area contributed by atoms with E-state index in [0.29, 0.717) is 56.4 Å². The molecule has 0 spiro atoms. The van der Waals surface area contributed by atoms with Gasteiger partial charge in [-0.25, -0.2) is 0 Å². The lowest BCUT2D eigenvalue weighted by Gasteiger charge is -2.32. The Bertz CT molecular complexity index is 1350. The molecule has 5 rings (SSSR count). The molecule has 4 heterocycles. The fourth-order valence-corrected chi connectivity index (χ4v) is 4.50. The number of nitrogens with zero attached hydrogens (tertiary/aromatic N) is 6. The minimum Gasteiger partial charge on any atom is -0.378 e. The number of nitrogens with one attached hydrogen (secondary N) is 2. The summed E-state index contributed by atoms with van der Waals surface area (Å²) >= 11 is 0. The van der Waals surface area contributed by atoms with Crippen LogP contribution in [-0.4, -0.2) is 88.4 Å². The van der Waals surface area contributed by atoms with Crippen LogP contribution in [0.4, 0.5) is 17.5 Å². The first kappa shape index (κ1) is 26.0. The first-order chi connectivity index (χ1) is 18.9. The van der Waals surface area contributed by atoms with Gasteiger partial charge in [-0.2, -0.15) is 4.98 Å². The second-order valence-electron chi connectivity index (χ2n) is 9.36. The number of hydrogen-bond acceptors (Lipinski definition) is 11. The summed E-state index contributed by atoms with van der Waals surface area (Å²) in [6.45, 7) is 4.96. The van der Waals surface area contributed by atoms with E-state index < -0.39 is 5.91 Å². The van der Waals surface area contributed by atoms with Crippen molar-refractivity contribution in [3.63, 3.8) is 0 Å². The van der Waals surface area contributed by atoms with Crippen molar-refractivity contribution in [2.45, 2.75) is 25.8 Å². The molecule has 0 aliphatic carbocycles. The van der Waals surface area contributed by atoms with Gasteiger partial charge >= 0.3 is 0 Å². The number of aromatic nitrogens is 4. The lowest BCUT2D eigenvalue weighted by Crippen LogP contribution is -2.48. The molecular weight excluding hydrogens is 506 g/mol. The third kappa shape index (κ3) is 6.12. The van der Waals surface area contributed by atoms with Gasteiger partial charge in [0.25, 0.3) is 17.7 Å². The van der Waals surface area contributed by atoms with Crippen molar-refractivity contribution in [2.24, 2.45) is 5.73 Å². The van der Waals surface area contributed by atoms with Crippen LogP contribution < -0.4 is 21.3 Å². The molecule has 0 bridgehead atoms. The number of carbonyl (C=O) groups excluding carboxylic acids is 3. The van der Waals surface area contributed by atoms with Crippen molar-refractivity contribution in [1.82, 2.24) is 30.6 Å². The second kappa shape index (κ2) is 11.4. The van der Waals surface area contributed by atoms with Crippen LogP contribution in [0.15, 0.2) is 34.9 Å². The maximum absolute atomic E-state index is 12.7. The van der Waals surface area contributed by atoms with E-state index in [2.05, 4.69) is 31.0 Å². The molecule has 0 radical (unpaired) electrons. The highest BCUT2D eigenvalue weighted by atomic mass is 16.5. The van der Waals surface area contributed by atoms with Gasteiger partial charge < -0.3 is 35.4 Å². The van der Waals surface area contributed by atoms with E-state index in [4.69, 9.17) is 15.0 Å². The van der Waals surface area contributed by atoms with Gasteiger partial charge in [-0.15, -0.1) is 10.2 Å². The number of carbonyl (C=O) groups is 3. The maximum Gasteiger partial charge on any atom is 0.273 e. The summed E-state index contributed by atoms with van der Waals surface area (Å²) in [7, 11) is 0. The van der Waals surface area contributed by atoms with Gasteiger partial charge in [0.1, 0.15) is 5.76 Å². The van der Waals surface area contributed by atoms with Crippen LogP contribution >= 0.6 is 0 Å². The van der Waals surface area contributed by atoms with Crippen molar-refractivity contribution in [3.8, 4) is 0 Å². The highest BCUT2D eigenvalue weighted by molar-refractivity contribution is 5.97. The Morgan fingerprint density at radius 2 is 1.85 bits per heavy atom. The average Bonchev–Trinajstić information content (AvgIpc) is 3.40. The van der Waals surface area contributed by atoms with Crippen LogP contribution in [0.2, 0.25) is 0 Å². The molecule has 4 N–H and O–H groups in total. The van der Waals surface area contributed by atoms with Crippen LogP contribution in [0.5, 0.6) is 0 Å². The number of ether oxygens (including phenoxy) is 1. The summed E-state index contributed by atoms with van der Waals surface area (Å²) in [6.07, 6.45) is 1.55. The molecule has 2 aromatic heterocycles. The van der Waals surface area contributed by atoms with E-state index in [0.717, 1.165) is 12.8 Å². The van der Waals surface area contributed by atoms with Crippen molar-refractivity contribution < 1.29 is 23.6 Å². The second-order valence-corrected chi connectivity index (χ2v) is 9.36. The molecule has 14 nitrogen and oxygen atoms in total. The predicted molar refractivity (Wildman–Crippen MR) is 139 cm³/mol. The predicted octanol–water partition coefficient (Wildman–Crippen LogP) is 0.882. The van der Waals surface area contributed by atoms with E-state index in [1.54, 1.807) is 42.2 Å². The Balaban J connectivity index is 1.28. The zero-order valence-electron chi connectivity index (χ0n) is 21.4. The van der Waals surface area contributed by atoms with Gasteiger partial charge in [0.15, 0.2) is 17.2 Å². The van der Waals surface area contributed by atoms with Gasteiger partial charge in [0.05, 0.1) is 13.2 Å². The van der Waals surface area contributed by atoms with Crippen LogP contribution in [0.3, 0.4) is 0 Å². The number of aryl methyl sites for hydroxylation is 1. The van der Waals surface area contributed by atoms with Crippen LogP contribution in [0.25, 0.3) is 0 Å². The number of rotatable bonds is 7. The summed E-state index contributed by atoms with van der Waals surface area (Å²) in [6, 6.07) is 8.25. The minimum absolute atomic E-state index is 0.0703. The van der Waals surface area contributed by atoms with E-state index in [1.165, 1.54) is 0 Å². The van der Waals surface area contributed by atoms with E-state index >= 15 is 0 Å². The Hall–Kier alpha value is -4.59. The number of primary amides is 1. The topological polar surface area (TPSA) is 182 Å². The molecule has 39 heavy (non-hydrogen) atoms. The minimum atomic E-state index is -0.783. The molecule has 2 fully saturated rings. The van der Waals surface area contributed by atoms with E-state index in [9.17, 15) is 14.4 Å². The fourth-order valence-electron chi connectivity index (χ4n) is 4.50. The highest BCUT2D eigenvalue weighted by Gasteiger charge is 2.26. The molecule has 204 valence electrons. The molecule has 0 unspecified atom stereocenters. The number of anilines is 3. The first-order valence-electron chi connectivity index (χ1n) is 12.6. The summed E-state index contributed by atoms with van der Waals surface area (Å²) in [5, 5.41) is 17.9. The normalized spacial score (nSPS) is 17.5. The zero-order chi connectivity index (χ0) is 27.4. The number of morpholine rings is 1. The van der Waals surface area contributed by atoms with Gasteiger partial charge in [-0.05, 0) is 44.0 Å². The average molecular weight is 536 g/mol. The monoisotopic (exact) mass is 535 g/mol. The Morgan fingerprint density at radius 1 is 1.08 bits per heavy atom. The quantitative estimate of drug-likeness (QED) is 0.390. The van der Waals surface area contributed by atoms with Gasteiger partial charge in [0, 0.05) is 49.5 Å². The summed E-state index contributed by atoms with van der Waals surface area (Å²) in [4.78, 5) is 45.4. The Labute approximate surface area is 223 Å². The van der Waals surface area contributed by atoms with Crippen LogP contribution in [-0.2, 0) is 4.74 Å². The van der Waals surface area contributed by atoms with Crippen LogP contribution in [0, 0.1) is 6.92 Å². The molecular formula is C25H29N9O5. The number of amides is 3. The molecule has 2 saturated heterocycles. The first-order valence-corrected chi connectivity index (χ1v) is 12.6. The highest BCUT2D eigenvalue weighted by Crippen LogP contribution is 2.23. The number of hydrogen-bond donors (Lipinski definition) is 3. The van der Waals surface area contributed by atoms with E-state index in [1.807, 2.05) is 4.90 Å². The maximum atomic E-state index is 12.7. The van der Waals surface area contributed by atoms with E-state index in [-0.39, 0.29) is 41.0 Å². The molecule has 2 aliphatic heterocycles. The third-order valence-electron chi connectivity index (χ3n) is 6.50. The largest absolute Gasteiger partial charge is 0.378 e. The summed E-state index contributed by atoms with van der Waals surface area (Å²) in [5.41, 5.74) is 6.76.